The molecule has 3 aromatic rings. The molecule has 0 fully saturated rings. The van der Waals surface area contributed by atoms with Crippen molar-refractivity contribution in [3.63, 3.8) is 0 Å². The van der Waals surface area contributed by atoms with Crippen molar-refractivity contribution in [2.24, 2.45) is 0 Å². The zero-order chi connectivity index (χ0) is 21.5. The number of carbonyl (C=O) groups is 1. The predicted molar refractivity (Wildman–Crippen MR) is 107 cm³/mol. The quantitative estimate of drug-likeness (QED) is 0.210. The summed E-state index contributed by atoms with van der Waals surface area (Å²) in [5, 5.41) is 15.1. The van der Waals surface area contributed by atoms with Gasteiger partial charge in [0.25, 0.3) is 11.6 Å². The molecule has 156 valence electrons. The molecule has 3 rings (SSSR count). The molecule has 0 bridgehead atoms. The highest BCUT2D eigenvalue weighted by atomic mass is 35.5. The van der Waals surface area contributed by atoms with E-state index in [1.807, 2.05) is 6.92 Å². The van der Waals surface area contributed by atoms with Gasteiger partial charge in [-0.2, -0.15) is 4.98 Å². The SMILES string of the molecule is Cc1cc(Cl)ccc1OCCCC(=O)OCc1nc(-c2ccc([N+](=O)[O-])cc2)no1. The highest BCUT2D eigenvalue weighted by molar-refractivity contribution is 6.30. The molecule has 0 N–H and O–H groups in total. The Balaban J connectivity index is 1.41. The fraction of sp³-hybridized carbons (Fsp3) is 0.250. The van der Waals surface area contributed by atoms with Crippen LogP contribution in [0.15, 0.2) is 47.0 Å². The third-order valence-electron chi connectivity index (χ3n) is 4.08. The molecule has 0 atom stereocenters. The van der Waals surface area contributed by atoms with Gasteiger partial charge < -0.3 is 14.0 Å². The van der Waals surface area contributed by atoms with Crippen molar-refractivity contribution in [2.45, 2.75) is 26.4 Å². The lowest BCUT2D eigenvalue weighted by Gasteiger charge is -2.09. The Hall–Kier alpha value is -3.46. The first kappa shape index (κ1) is 21.3. The fourth-order valence-electron chi connectivity index (χ4n) is 2.55. The van der Waals surface area contributed by atoms with E-state index in [0.29, 0.717) is 23.6 Å². The van der Waals surface area contributed by atoms with Crippen LogP contribution in [0, 0.1) is 17.0 Å². The van der Waals surface area contributed by atoms with Crippen molar-refractivity contribution in [3.05, 3.63) is 69.1 Å². The molecule has 1 heterocycles. The maximum atomic E-state index is 11.9. The van der Waals surface area contributed by atoms with Gasteiger partial charge in [-0.1, -0.05) is 16.8 Å². The number of nitro groups is 1. The van der Waals surface area contributed by atoms with Crippen molar-refractivity contribution in [1.82, 2.24) is 10.1 Å². The van der Waals surface area contributed by atoms with Crippen LogP contribution >= 0.6 is 11.6 Å². The van der Waals surface area contributed by atoms with Gasteiger partial charge in [0.2, 0.25) is 5.82 Å². The summed E-state index contributed by atoms with van der Waals surface area (Å²) in [5.74, 6) is 0.686. The van der Waals surface area contributed by atoms with E-state index in [-0.39, 0.29) is 30.4 Å². The molecule has 0 saturated carbocycles. The van der Waals surface area contributed by atoms with Crippen LogP contribution in [-0.2, 0) is 16.1 Å². The summed E-state index contributed by atoms with van der Waals surface area (Å²) in [5.41, 5.74) is 1.44. The van der Waals surface area contributed by atoms with Crippen LogP contribution in [0.4, 0.5) is 5.69 Å². The molecule has 30 heavy (non-hydrogen) atoms. The monoisotopic (exact) mass is 431 g/mol. The first-order chi connectivity index (χ1) is 14.4. The number of carbonyl (C=O) groups excluding carboxylic acids is 1. The molecule has 0 radical (unpaired) electrons. The largest absolute Gasteiger partial charge is 0.493 e. The van der Waals surface area contributed by atoms with E-state index in [4.69, 9.17) is 25.6 Å². The van der Waals surface area contributed by atoms with Crippen LogP contribution in [0.25, 0.3) is 11.4 Å². The number of nitrogens with zero attached hydrogens (tertiary/aromatic N) is 3. The van der Waals surface area contributed by atoms with Crippen LogP contribution in [0.5, 0.6) is 5.75 Å². The first-order valence-electron chi connectivity index (χ1n) is 9.04. The Morgan fingerprint density at radius 3 is 2.70 bits per heavy atom. The minimum absolute atomic E-state index is 0.0356. The maximum Gasteiger partial charge on any atom is 0.306 e. The number of rotatable bonds is 9. The van der Waals surface area contributed by atoms with Crippen LogP contribution in [0.2, 0.25) is 5.02 Å². The summed E-state index contributed by atoms with van der Waals surface area (Å²) in [6.07, 6.45) is 0.661. The summed E-state index contributed by atoms with van der Waals surface area (Å²) in [6.45, 7) is 2.10. The average molecular weight is 432 g/mol. The second kappa shape index (κ2) is 9.84. The summed E-state index contributed by atoms with van der Waals surface area (Å²) in [7, 11) is 0. The second-order valence-corrected chi connectivity index (χ2v) is 6.77. The summed E-state index contributed by atoms with van der Waals surface area (Å²) >= 11 is 5.90. The smallest absolute Gasteiger partial charge is 0.306 e. The minimum atomic E-state index is -0.493. The molecule has 0 aliphatic rings. The van der Waals surface area contributed by atoms with Gasteiger partial charge in [0.1, 0.15) is 5.75 Å². The van der Waals surface area contributed by atoms with Gasteiger partial charge in [0.05, 0.1) is 11.5 Å². The Kier molecular flexibility index (Phi) is 6.97. The zero-order valence-corrected chi connectivity index (χ0v) is 16.8. The molecule has 1 aromatic heterocycles. The standard InChI is InChI=1S/C20H18ClN3O6/c1-13-11-15(21)6-9-17(13)28-10-2-3-19(25)29-12-18-22-20(23-30-18)14-4-7-16(8-5-14)24(26)27/h4-9,11H,2-3,10,12H2,1H3. The molecule has 0 amide bonds. The lowest BCUT2D eigenvalue weighted by atomic mass is 10.2. The Morgan fingerprint density at radius 1 is 1.23 bits per heavy atom. The normalized spacial score (nSPS) is 10.6. The van der Waals surface area contributed by atoms with Gasteiger partial charge >= 0.3 is 5.97 Å². The van der Waals surface area contributed by atoms with E-state index >= 15 is 0 Å². The maximum absolute atomic E-state index is 11.9. The first-order valence-corrected chi connectivity index (χ1v) is 9.42. The van der Waals surface area contributed by atoms with E-state index in [2.05, 4.69) is 10.1 Å². The van der Waals surface area contributed by atoms with Gasteiger partial charge in [-0.05, 0) is 49.2 Å². The molecule has 2 aromatic carbocycles. The number of aromatic nitrogens is 2. The predicted octanol–water partition coefficient (Wildman–Crippen LogP) is 4.51. The molecular formula is C20H18ClN3O6. The van der Waals surface area contributed by atoms with Gasteiger partial charge in [-0.25, -0.2) is 0 Å². The van der Waals surface area contributed by atoms with Crippen molar-refractivity contribution < 1.29 is 23.7 Å². The van der Waals surface area contributed by atoms with Crippen LogP contribution in [0.1, 0.15) is 24.3 Å². The highest BCUT2D eigenvalue weighted by Crippen LogP contribution is 2.22. The van der Waals surface area contributed by atoms with E-state index < -0.39 is 10.9 Å². The van der Waals surface area contributed by atoms with Crippen molar-refractivity contribution in [2.75, 3.05) is 6.61 Å². The fourth-order valence-corrected chi connectivity index (χ4v) is 2.78. The Labute approximate surface area is 176 Å². The van der Waals surface area contributed by atoms with E-state index in [9.17, 15) is 14.9 Å². The van der Waals surface area contributed by atoms with Crippen LogP contribution in [-0.4, -0.2) is 27.6 Å². The van der Waals surface area contributed by atoms with Crippen LogP contribution < -0.4 is 4.74 Å². The van der Waals surface area contributed by atoms with Crippen molar-refractivity contribution in [1.29, 1.82) is 0 Å². The summed E-state index contributed by atoms with van der Waals surface area (Å²) in [4.78, 5) is 26.2. The topological polar surface area (TPSA) is 118 Å². The van der Waals surface area contributed by atoms with Gasteiger partial charge in [0, 0.05) is 29.1 Å². The van der Waals surface area contributed by atoms with Crippen molar-refractivity contribution >= 4 is 23.3 Å². The number of halogens is 1. The molecule has 10 heteroatoms. The van der Waals surface area contributed by atoms with E-state index in [0.717, 1.165) is 11.3 Å². The van der Waals surface area contributed by atoms with Crippen LogP contribution in [0.3, 0.4) is 0 Å². The lowest BCUT2D eigenvalue weighted by Crippen LogP contribution is -2.07. The Morgan fingerprint density at radius 2 is 2.00 bits per heavy atom. The summed E-state index contributed by atoms with van der Waals surface area (Å²) in [6, 6.07) is 11.1. The van der Waals surface area contributed by atoms with Gasteiger partial charge in [-0.15, -0.1) is 0 Å². The minimum Gasteiger partial charge on any atom is -0.493 e. The number of hydrogen-bond acceptors (Lipinski definition) is 8. The van der Waals surface area contributed by atoms with Gasteiger partial charge in [0.15, 0.2) is 6.61 Å². The number of esters is 1. The zero-order valence-electron chi connectivity index (χ0n) is 16.0. The highest BCUT2D eigenvalue weighted by Gasteiger charge is 2.13. The van der Waals surface area contributed by atoms with E-state index in [1.54, 1.807) is 18.2 Å². The second-order valence-electron chi connectivity index (χ2n) is 6.34. The number of nitro benzene ring substituents is 1. The van der Waals surface area contributed by atoms with E-state index in [1.165, 1.54) is 24.3 Å². The molecule has 9 nitrogen and oxygen atoms in total. The number of ether oxygens (including phenoxy) is 2. The number of aryl methyl sites for hydroxylation is 1. The number of hydrogen-bond donors (Lipinski definition) is 0. The number of benzene rings is 2. The third-order valence-corrected chi connectivity index (χ3v) is 4.32. The molecule has 0 unspecified atom stereocenters. The molecule has 0 saturated heterocycles. The third kappa shape index (κ3) is 5.77. The number of non-ortho nitro benzene ring substituents is 1. The summed E-state index contributed by atoms with van der Waals surface area (Å²) < 4.78 is 15.8. The van der Waals surface area contributed by atoms with Crippen molar-refractivity contribution in [3.8, 4) is 17.1 Å². The average Bonchev–Trinajstić information content (AvgIpc) is 3.20. The molecule has 0 aliphatic carbocycles. The molecular weight excluding hydrogens is 414 g/mol. The lowest BCUT2D eigenvalue weighted by molar-refractivity contribution is -0.384. The Bertz CT molecular complexity index is 1040. The molecule has 0 spiro atoms. The molecule has 0 aliphatic heterocycles. The van der Waals surface area contributed by atoms with Gasteiger partial charge in [-0.3, -0.25) is 14.9 Å².